The minimum absolute atomic E-state index is 0.910. The smallest absolute Gasteiger partial charge is 0.275 e. The molecule has 1 aliphatic heterocycles. The number of allylic oxidation sites excluding steroid dienone is 1. The highest BCUT2D eigenvalue weighted by Gasteiger charge is 2.12. The van der Waals surface area contributed by atoms with Crippen molar-refractivity contribution in [2.45, 2.75) is 6.92 Å². The third kappa shape index (κ3) is 1.08. The first-order chi connectivity index (χ1) is 5.36. The Bertz CT molecular complexity index is 298. The molecule has 4 nitrogen and oxygen atoms in total. The van der Waals surface area contributed by atoms with Gasteiger partial charge in [-0.2, -0.15) is 0 Å². The van der Waals surface area contributed by atoms with Gasteiger partial charge in [0.2, 0.25) is 0 Å². The molecule has 0 radical (unpaired) electrons. The summed E-state index contributed by atoms with van der Waals surface area (Å²) in [6.45, 7) is 1.97. The van der Waals surface area contributed by atoms with Crippen LogP contribution in [0, 0.1) is 6.92 Å². The van der Waals surface area contributed by atoms with E-state index >= 15 is 0 Å². The zero-order chi connectivity index (χ0) is 7.68. The Balaban J connectivity index is 2.29. The van der Waals surface area contributed by atoms with E-state index in [0.717, 1.165) is 16.5 Å². The van der Waals surface area contributed by atoms with Gasteiger partial charge in [-0.25, -0.2) is 0 Å². The lowest BCUT2D eigenvalue weighted by atomic mass is 10.5. The summed E-state index contributed by atoms with van der Waals surface area (Å²) in [6.07, 6.45) is 5.61. The molecule has 1 atom stereocenters. The summed E-state index contributed by atoms with van der Waals surface area (Å²) in [7, 11) is 0. The molecule has 0 saturated heterocycles. The quantitative estimate of drug-likeness (QED) is 0.568. The number of aromatic amines is 1. The van der Waals surface area contributed by atoms with Gasteiger partial charge in [-0.15, -0.1) is 10.1 Å². The van der Waals surface area contributed by atoms with Crippen molar-refractivity contribution in [1.82, 2.24) is 10.2 Å². The third-order valence-corrected chi connectivity index (χ3v) is 1.52. The van der Waals surface area contributed by atoms with E-state index in [1.807, 2.05) is 25.3 Å². The summed E-state index contributed by atoms with van der Waals surface area (Å²) in [5, 5.41) is 12.0. The van der Waals surface area contributed by atoms with Crippen LogP contribution >= 0.6 is 0 Å². The van der Waals surface area contributed by atoms with Crippen LogP contribution in [-0.2, 0) is 0 Å². The maximum absolute atomic E-state index is 4.12. The number of aryl methyl sites for hydroxylation is 1. The van der Waals surface area contributed by atoms with E-state index in [9.17, 15) is 0 Å². The van der Waals surface area contributed by atoms with Crippen molar-refractivity contribution >= 4 is 12.0 Å². The van der Waals surface area contributed by atoms with E-state index in [-0.39, 0.29) is 0 Å². The standard InChI is InChI=1S/C7H8N4/c1-6-5-7(10-9-6)11-4-2-3-8-11/h2-5H,1H3,(H,9,10)/p+1. The lowest BCUT2D eigenvalue weighted by Gasteiger charge is -1.95. The summed E-state index contributed by atoms with van der Waals surface area (Å²) in [6, 6.07) is 1.97. The summed E-state index contributed by atoms with van der Waals surface area (Å²) >= 11 is 0. The van der Waals surface area contributed by atoms with Gasteiger partial charge in [-0.3, -0.25) is 5.10 Å². The number of H-pyrrole nitrogens is 1. The molecule has 0 bridgehead atoms. The van der Waals surface area contributed by atoms with E-state index in [2.05, 4.69) is 15.3 Å². The van der Waals surface area contributed by atoms with Crippen molar-refractivity contribution in [3.8, 4) is 0 Å². The number of hydrogen-bond acceptors (Lipinski definition) is 2. The molecule has 4 heteroatoms. The molecule has 0 saturated carbocycles. The van der Waals surface area contributed by atoms with Gasteiger partial charge in [-0.05, 0) is 6.92 Å². The van der Waals surface area contributed by atoms with Gasteiger partial charge in [0.05, 0.1) is 6.21 Å². The van der Waals surface area contributed by atoms with E-state index in [4.69, 9.17) is 0 Å². The molecule has 2 rings (SSSR count). The summed E-state index contributed by atoms with van der Waals surface area (Å²) < 4.78 is 0. The molecule has 0 amide bonds. The SMILES string of the molecule is Cc1cc([NH+]2C=CC=N2)n[nH]1. The second-order valence-corrected chi connectivity index (χ2v) is 2.46. The average Bonchev–Trinajstić information content (AvgIpc) is 2.55. The number of rotatable bonds is 1. The van der Waals surface area contributed by atoms with Crippen LogP contribution in [0.2, 0.25) is 0 Å². The van der Waals surface area contributed by atoms with E-state index in [1.165, 1.54) is 0 Å². The number of nitrogens with zero attached hydrogens (tertiary/aromatic N) is 2. The zero-order valence-corrected chi connectivity index (χ0v) is 6.20. The van der Waals surface area contributed by atoms with Gasteiger partial charge >= 0.3 is 0 Å². The second-order valence-electron chi connectivity index (χ2n) is 2.46. The molecule has 0 aliphatic carbocycles. The van der Waals surface area contributed by atoms with E-state index in [1.54, 1.807) is 6.21 Å². The third-order valence-electron chi connectivity index (χ3n) is 1.52. The predicted molar refractivity (Wildman–Crippen MR) is 41.6 cm³/mol. The Morgan fingerprint density at radius 1 is 1.55 bits per heavy atom. The molecule has 2 N–H and O–H groups in total. The Hall–Kier alpha value is -1.42. The Morgan fingerprint density at radius 3 is 3.00 bits per heavy atom. The van der Waals surface area contributed by atoms with Gasteiger partial charge in [0, 0.05) is 17.8 Å². The molecule has 1 aromatic heterocycles. The lowest BCUT2D eigenvalue weighted by molar-refractivity contribution is -0.781. The van der Waals surface area contributed by atoms with Crippen LogP contribution in [0.3, 0.4) is 0 Å². The fourth-order valence-corrected chi connectivity index (χ4v) is 1.00. The fourth-order valence-electron chi connectivity index (χ4n) is 1.00. The topological polar surface area (TPSA) is 45.5 Å². The van der Waals surface area contributed by atoms with Crippen molar-refractivity contribution in [3.63, 3.8) is 0 Å². The molecule has 1 unspecified atom stereocenters. The molecule has 0 fully saturated rings. The molecular formula is C7H9N4+. The number of quaternary nitrogens is 1. The highest BCUT2D eigenvalue weighted by atomic mass is 15.5. The molecule has 0 spiro atoms. The van der Waals surface area contributed by atoms with Crippen molar-refractivity contribution in [2.75, 3.05) is 0 Å². The molecule has 1 aliphatic rings. The molecule has 2 heterocycles. The summed E-state index contributed by atoms with van der Waals surface area (Å²) in [5.41, 5.74) is 1.06. The van der Waals surface area contributed by atoms with Gasteiger partial charge in [0.15, 0.2) is 0 Å². The Kier molecular flexibility index (Phi) is 1.33. The summed E-state index contributed by atoms with van der Waals surface area (Å²) in [5.74, 6) is 0.910. The number of nitrogens with one attached hydrogen (secondary N) is 2. The number of aromatic nitrogens is 2. The van der Waals surface area contributed by atoms with Crippen LogP contribution in [0.1, 0.15) is 5.69 Å². The highest BCUT2D eigenvalue weighted by molar-refractivity contribution is 5.71. The first kappa shape index (κ1) is 6.30. The fraction of sp³-hybridized carbons (Fsp3) is 0.143. The zero-order valence-electron chi connectivity index (χ0n) is 6.20. The average molecular weight is 149 g/mol. The molecule has 0 aromatic carbocycles. The molecular weight excluding hydrogens is 140 g/mol. The maximum Gasteiger partial charge on any atom is 0.275 e. The monoisotopic (exact) mass is 149 g/mol. The predicted octanol–water partition coefficient (Wildman–Crippen LogP) is -0.252. The molecule has 1 aromatic rings. The van der Waals surface area contributed by atoms with Crippen molar-refractivity contribution in [1.29, 1.82) is 0 Å². The van der Waals surface area contributed by atoms with Gasteiger partial charge in [0.1, 0.15) is 6.20 Å². The number of hydrogen-bond donors (Lipinski definition) is 2. The normalized spacial score (nSPS) is 21.4. The molecule has 56 valence electrons. The maximum atomic E-state index is 4.12. The van der Waals surface area contributed by atoms with Crippen LogP contribution in [0.5, 0.6) is 0 Å². The van der Waals surface area contributed by atoms with Crippen LogP contribution in [-0.4, -0.2) is 16.4 Å². The Labute approximate surface area is 64.2 Å². The van der Waals surface area contributed by atoms with Crippen LogP contribution in [0.4, 0.5) is 5.82 Å². The lowest BCUT2D eigenvalue weighted by Crippen LogP contribution is -2.96. The van der Waals surface area contributed by atoms with Gasteiger partial charge in [-0.1, -0.05) is 5.10 Å². The first-order valence-electron chi connectivity index (χ1n) is 3.46. The summed E-state index contributed by atoms with van der Waals surface area (Å²) in [4.78, 5) is 0. The van der Waals surface area contributed by atoms with Crippen molar-refractivity contribution < 1.29 is 5.01 Å². The first-order valence-corrected chi connectivity index (χ1v) is 3.46. The minimum atomic E-state index is 0.910. The van der Waals surface area contributed by atoms with Crippen molar-refractivity contribution in [3.05, 3.63) is 24.0 Å². The largest absolute Gasteiger partial charge is 0.277 e. The Morgan fingerprint density at radius 2 is 2.45 bits per heavy atom. The van der Waals surface area contributed by atoms with Crippen LogP contribution in [0.15, 0.2) is 23.4 Å². The molecule has 11 heavy (non-hydrogen) atoms. The van der Waals surface area contributed by atoms with Gasteiger partial charge < -0.3 is 0 Å². The van der Waals surface area contributed by atoms with E-state index in [0.29, 0.717) is 0 Å². The highest BCUT2D eigenvalue weighted by Crippen LogP contribution is 1.98. The van der Waals surface area contributed by atoms with Crippen molar-refractivity contribution in [2.24, 2.45) is 5.10 Å². The van der Waals surface area contributed by atoms with Crippen LogP contribution < -0.4 is 5.01 Å². The van der Waals surface area contributed by atoms with Crippen LogP contribution in [0.25, 0.3) is 0 Å². The second kappa shape index (κ2) is 2.32. The van der Waals surface area contributed by atoms with E-state index < -0.39 is 0 Å². The minimum Gasteiger partial charge on any atom is -0.277 e. The van der Waals surface area contributed by atoms with Gasteiger partial charge in [0.25, 0.3) is 5.82 Å².